The summed E-state index contributed by atoms with van der Waals surface area (Å²) in [6, 6.07) is 7.75. The highest BCUT2D eigenvalue weighted by molar-refractivity contribution is 5.79. The molecule has 0 saturated carbocycles. The molecule has 1 atom stereocenters. The van der Waals surface area contributed by atoms with E-state index in [2.05, 4.69) is 34.7 Å². The second-order valence-electron chi connectivity index (χ2n) is 7.49. The standard InChI is InChI=1S/C21H30N4O2/c1-23(2)12-13-24-11-9-22-21(24)18-7-5-10-25(16-18)20(26)15-17-6-4-8-19(14-17)27-3/h4,6,8-9,11,14,18H,5,7,10,12-13,15-16H2,1-3H3/t18-/m1/s1. The first-order chi connectivity index (χ1) is 13.1. The number of rotatable bonds is 7. The number of nitrogens with zero attached hydrogens (tertiary/aromatic N) is 4. The van der Waals surface area contributed by atoms with Gasteiger partial charge >= 0.3 is 0 Å². The van der Waals surface area contributed by atoms with Crippen molar-refractivity contribution in [2.24, 2.45) is 0 Å². The molecular formula is C21H30N4O2. The average Bonchev–Trinajstić information content (AvgIpc) is 3.15. The van der Waals surface area contributed by atoms with Gasteiger partial charge in [-0.15, -0.1) is 0 Å². The number of carbonyl (C=O) groups is 1. The molecule has 2 aromatic rings. The van der Waals surface area contributed by atoms with Crippen LogP contribution in [0.1, 0.15) is 30.1 Å². The fourth-order valence-corrected chi connectivity index (χ4v) is 3.66. The molecule has 1 saturated heterocycles. The van der Waals surface area contributed by atoms with Crippen LogP contribution in [-0.4, -0.2) is 66.1 Å². The van der Waals surface area contributed by atoms with Crippen molar-refractivity contribution in [2.45, 2.75) is 31.7 Å². The molecular weight excluding hydrogens is 340 g/mol. The van der Waals surface area contributed by atoms with Crippen LogP contribution in [0.4, 0.5) is 0 Å². The fraction of sp³-hybridized carbons (Fsp3) is 0.524. The van der Waals surface area contributed by atoms with Crippen LogP contribution in [0.2, 0.25) is 0 Å². The molecule has 0 radical (unpaired) electrons. The van der Waals surface area contributed by atoms with Crippen molar-refractivity contribution in [3.05, 3.63) is 48.0 Å². The van der Waals surface area contributed by atoms with E-state index < -0.39 is 0 Å². The molecule has 0 N–H and O–H groups in total. The lowest BCUT2D eigenvalue weighted by molar-refractivity contribution is -0.131. The molecule has 1 amide bonds. The Labute approximate surface area is 161 Å². The van der Waals surface area contributed by atoms with Crippen LogP contribution >= 0.6 is 0 Å². The number of aromatic nitrogens is 2. The number of likely N-dealkylation sites (N-methyl/N-ethyl adjacent to an activating group) is 1. The van der Waals surface area contributed by atoms with Gasteiger partial charge in [0, 0.05) is 44.5 Å². The summed E-state index contributed by atoms with van der Waals surface area (Å²) in [7, 11) is 5.81. The molecule has 6 heteroatoms. The monoisotopic (exact) mass is 370 g/mol. The third-order valence-corrected chi connectivity index (χ3v) is 5.16. The van der Waals surface area contributed by atoms with Gasteiger partial charge in [-0.25, -0.2) is 4.98 Å². The molecule has 1 aliphatic rings. The zero-order chi connectivity index (χ0) is 19.2. The fourth-order valence-electron chi connectivity index (χ4n) is 3.66. The minimum Gasteiger partial charge on any atom is -0.497 e. The summed E-state index contributed by atoms with van der Waals surface area (Å²) < 4.78 is 7.50. The highest BCUT2D eigenvalue weighted by Crippen LogP contribution is 2.26. The van der Waals surface area contributed by atoms with Crippen LogP contribution in [-0.2, 0) is 17.8 Å². The number of ether oxygens (including phenoxy) is 1. The molecule has 1 aromatic carbocycles. The topological polar surface area (TPSA) is 50.6 Å². The van der Waals surface area contributed by atoms with E-state index in [1.807, 2.05) is 35.4 Å². The van der Waals surface area contributed by atoms with Crippen LogP contribution in [0.5, 0.6) is 5.75 Å². The van der Waals surface area contributed by atoms with Crippen LogP contribution in [0.15, 0.2) is 36.7 Å². The number of imidazole rings is 1. The maximum absolute atomic E-state index is 12.8. The number of likely N-dealkylation sites (tertiary alicyclic amines) is 1. The second kappa shape index (κ2) is 9.04. The van der Waals surface area contributed by atoms with Crippen LogP contribution in [0, 0.1) is 0 Å². The lowest BCUT2D eigenvalue weighted by Crippen LogP contribution is -2.40. The van der Waals surface area contributed by atoms with E-state index in [1.165, 1.54) is 0 Å². The Morgan fingerprint density at radius 2 is 2.22 bits per heavy atom. The third kappa shape index (κ3) is 5.10. The van der Waals surface area contributed by atoms with Crippen molar-refractivity contribution in [3.8, 4) is 5.75 Å². The Kier molecular flexibility index (Phi) is 6.50. The highest BCUT2D eigenvalue weighted by atomic mass is 16.5. The molecule has 27 heavy (non-hydrogen) atoms. The predicted molar refractivity (Wildman–Crippen MR) is 106 cm³/mol. The van der Waals surface area contributed by atoms with Gasteiger partial charge < -0.3 is 19.1 Å². The number of amides is 1. The molecule has 3 rings (SSSR count). The van der Waals surface area contributed by atoms with Crippen molar-refractivity contribution in [1.29, 1.82) is 0 Å². The molecule has 0 spiro atoms. The van der Waals surface area contributed by atoms with Gasteiger partial charge in [-0.2, -0.15) is 0 Å². The first-order valence-corrected chi connectivity index (χ1v) is 9.63. The quantitative estimate of drug-likeness (QED) is 0.751. The van der Waals surface area contributed by atoms with E-state index in [4.69, 9.17) is 4.74 Å². The lowest BCUT2D eigenvalue weighted by atomic mass is 9.96. The van der Waals surface area contributed by atoms with Gasteiger partial charge in [0.15, 0.2) is 0 Å². The molecule has 1 fully saturated rings. The minimum atomic E-state index is 0.180. The predicted octanol–water partition coefficient (Wildman–Crippen LogP) is 2.40. The van der Waals surface area contributed by atoms with E-state index in [0.717, 1.165) is 56.2 Å². The number of benzene rings is 1. The highest BCUT2D eigenvalue weighted by Gasteiger charge is 2.27. The molecule has 0 bridgehead atoms. The maximum atomic E-state index is 12.8. The van der Waals surface area contributed by atoms with Crippen molar-refractivity contribution in [3.63, 3.8) is 0 Å². The van der Waals surface area contributed by atoms with Gasteiger partial charge in [0.2, 0.25) is 5.91 Å². The Hall–Kier alpha value is -2.34. The molecule has 6 nitrogen and oxygen atoms in total. The van der Waals surface area contributed by atoms with Crippen molar-refractivity contribution < 1.29 is 9.53 Å². The van der Waals surface area contributed by atoms with E-state index in [-0.39, 0.29) is 5.91 Å². The summed E-state index contributed by atoms with van der Waals surface area (Å²) in [4.78, 5) is 21.6. The molecule has 1 aromatic heterocycles. The van der Waals surface area contributed by atoms with E-state index >= 15 is 0 Å². The van der Waals surface area contributed by atoms with Crippen molar-refractivity contribution in [1.82, 2.24) is 19.4 Å². The van der Waals surface area contributed by atoms with Gasteiger partial charge in [0.05, 0.1) is 13.5 Å². The van der Waals surface area contributed by atoms with Gasteiger partial charge in [-0.05, 0) is 44.6 Å². The van der Waals surface area contributed by atoms with Gasteiger partial charge in [-0.1, -0.05) is 12.1 Å². The summed E-state index contributed by atoms with van der Waals surface area (Å²) in [6.07, 6.45) is 6.45. The Bertz CT molecular complexity index is 756. The summed E-state index contributed by atoms with van der Waals surface area (Å²) >= 11 is 0. The number of piperidine rings is 1. The average molecular weight is 370 g/mol. The molecule has 2 heterocycles. The zero-order valence-electron chi connectivity index (χ0n) is 16.6. The summed E-state index contributed by atoms with van der Waals surface area (Å²) in [6.45, 7) is 3.49. The van der Waals surface area contributed by atoms with Crippen molar-refractivity contribution >= 4 is 5.91 Å². The molecule has 0 unspecified atom stereocenters. The molecule has 0 aliphatic carbocycles. The lowest BCUT2D eigenvalue weighted by Gasteiger charge is -2.33. The summed E-state index contributed by atoms with van der Waals surface area (Å²) in [5.41, 5.74) is 0.994. The minimum absolute atomic E-state index is 0.180. The van der Waals surface area contributed by atoms with Crippen LogP contribution < -0.4 is 4.74 Å². The van der Waals surface area contributed by atoms with Gasteiger partial charge in [0.1, 0.15) is 11.6 Å². The molecule has 1 aliphatic heterocycles. The summed E-state index contributed by atoms with van der Waals surface area (Å²) in [5.74, 6) is 2.39. The Morgan fingerprint density at radius 3 is 3.00 bits per heavy atom. The Morgan fingerprint density at radius 1 is 1.37 bits per heavy atom. The Balaban J connectivity index is 1.64. The van der Waals surface area contributed by atoms with E-state index in [9.17, 15) is 4.79 Å². The zero-order valence-corrected chi connectivity index (χ0v) is 16.6. The second-order valence-corrected chi connectivity index (χ2v) is 7.49. The molecule has 146 valence electrons. The smallest absolute Gasteiger partial charge is 0.227 e. The number of hydrogen-bond donors (Lipinski definition) is 0. The largest absolute Gasteiger partial charge is 0.497 e. The van der Waals surface area contributed by atoms with Crippen LogP contribution in [0.3, 0.4) is 0 Å². The first-order valence-electron chi connectivity index (χ1n) is 9.63. The van der Waals surface area contributed by atoms with E-state index in [0.29, 0.717) is 12.3 Å². The SMILES string of the molecule is COc1cccc(CC(=O)N2CCC[C@@H](c3nccn3CCN(C)C)C2)c1. The first kappa shape index (κ1) is 19.4. The van der Waals surface area contributed by atoms with Gasteiger partial charge in [0.25, 0.3) is 0 Å². The maximum Gasteiger partial charge on any atom is 0.227 e. The summed E-state index contributed by atoms with van der Waals surface area (Å²) in [5, 5.41) is 0. The van der Waals surface area contributed by atoms with Crippen LogP contribution in [0.25, 0.3) is 0 Å². The number of carbonyl (C=O) groups excluding carboxylic acids is 1. The van der Waals surface area contributed by atoms with Gasteiger partial charge in [-0.3, -0.25) is 4.79 Å². The van der Waals surface area contributed by atoms with Crippen molar-refractivity contribution in [2.75, 3.05) is 40.8 Å². The van der Waals surface area contributed by atoms with E-state index in [1.54, 1.807) is 7.11 Å². The normalized spacial score (nSPS) is 17.3. The third-order valence-electron chi connectivity index (χ3n) is 5.16. The number of methoxy groups -OCH3 is 1. The number of hydrogen-bond acceptors (Lipinski definition) is 4.